The van der Waals surface area contributed by atoms with Crippen LogP contribution < -0.4 is 10.9 Å². The maximum absolute atomic E-state index is 13.1. The molecular weight excluding hydrogens is 440 g/mol. The predicted octanol–water partition coefficient (Wildman–Crippen LogP) is 4.55. The van der Waals surface area contributed by atoms with Gasteiger partial charge in [-0.3, -0.25) is 9.69 Å². The largest absolute Gasteiger partial charge is 0.362 e. The number of benzene rings is 2. The molecule has 0 unspecified atom stereocenters. The molecule has 1 atom stereocenters. The van der Waals surface area contributed by atoms with Crippen LogP contribution in [0.5, 0.6) is 0 Å². The van der Waals surface area contributed by atoms with Crippen LogP contribution in [-0.2, 0) is 13.0 Å². The molecule has 34 heavy (non-hydrogen) atoms. The summed E-state index contributed by atoms with van der Waals surface area (Å²) in [5.41, 5.74) is 5.25. The van der Waals surface area contributed by atoms with E-state index in [0.29, 0.717) is 12.6 Å². The van der Waals surface area contributed by atoms with E-state index in [2.05, 4.69) is 77.3 Å². The van der Waals surface area contributed by atoms with Gasteiger partial charge in [-0.1, -0.05) is 49.4 Å². The minimum atomic E-state index is -0.0305. The number of thiocarbonyl (C=S) groups is 1. The molecule has 1 aromatic heterocycles. The Bertz CT molecular complexity index is 1190. The Hall–Kier alpha value is -2.70. The zero-order chi connectivity index (χ0) is 24.1. The molecule has 1 aliphatic rings. The van der Waals surface area contributed by atoms with Gasteiger partial charge in [0.1, 0.15) is 0 Å². The molecule has 1 fully saturated rings. The number of rotatable bonds is 8. The van der Waals surface area contributed by atoms with Gasteiger partial charge < -0.3 is 15.2 Å². The molecule has 6 heteroatoms. The SMILES string of the molecule is CCN1CCC[C@@H]1CN(Cc1cc2ccc(C)c(C)c2[nH]c1=O)C(=S)NCCc1ccccc1. The number of pyridine rings is 1. The molecule has 1 saturated heterocycles. The van der Waals surface area contributed by atoms with E-state index in [1.165, 1.54) is 24.0 Å². The Balaban J connectivity index is 1.53. The molecule has 2 N–H and O–H groups in total. The molecular formula is C28H36N4OS. The van der Waals surface area contributed by atoms with Crippen LogP contribution in [0.4, 0.5) is 0 Å². The number of fused-ring (bicyclic) bond motifs is 1. The van der Waals surface area contributed by atoms with Gasteiger partial charge in [-0.15, -0.1) is 0 Å². The molecule has 0 aliphatic carbocycles. The lowest BCUT2D eigenvalue weighted by Gasteiger charge is -2.32. The lowest BCUT2D eigenvalue weighted by atomic mass is 10.0. The molecule has 2 heterocycles. The van der Waals surface area contributed by atoms with Gasteiger partial charge >= 0.3 is 0 Å². The summed E-state index contributed by atoms with van der Waals surface area (Å²) in [5, 5.41) is 5.25. The zero-order valence-electron chi connectivity index (χ0n) is 20.6. The van der Waals surface area contributed by atoms with Gasteiger partial charge in [0.2, 0.25) is 0 Å². The standard InChI is InChI=1S/C28H36N4OS/c1-4-31-16-8-11-25(31)19-32(28(34)29-15-14-22-9-6-5-7-10-22)18-24-17-23-13-12-20(2)21(3)26(23)30-27(24)33/h5-7,9-10,12-13,17,25H,4,8,11,14-16,18-19H2,1-3H3,(H,29,34)(H,30,33)/t25-/m1/s1. The Morgan fingerprint density at radius 1 is 1.21 bits per heavy atom. The summed E-state index contributed by atoms with van der Waals surface area (Å²) in [7, 11) is 0. The molecule has 1 aliphatic heterocycles. The van der Waals surface area contributed by atoms with E-state index in [-0.39, 0.29) is 5.56 Å². The molecule has 0 saturated carbocycles. The third kappa shape index (κ3) is 5.68. The van der Waals surface area contributed by atoms with Crippen molar-refractivity contribution < 1.29 is 0 Å². The van der Waals surface area contributed by atoms with E-state index < -0.39 is 0 Å². The second-order valence-corrected chi connectivity index (χ2v) is 9.75. The fraction of sp³-hybridized carbons (Fsp3) is 0.429. The van der Waals surface area contributed by atoms with Gasteiger partial charge in [-0.2, -0.15) is 0 Å². The van der Waals surface area contributed by atoms with Crippen molar-refractivity contribution in [2.75, 3.05) is 26.2 Å². The van der Waals surface area contributed by atoms with Crippen LogP contribution in [-0.4, -0.2) is 52.1 Å². The van der Waals surface area contributed by atoms with Crippen LogP contribution in [0.15, 0.2) is 53.3 Å². The summed E-state index contributed by atoms with van der Waals surface area (Å²) in [6.45, 7) is 10.6. The number of nitrogens with zero attached hydrogens (tertiary/aromatic N) is 2. The maximum atomic E-state index is 13.1. The third-order valence-electron chi connectivity index (χ3n) is 7.15. The van der Waals surface area contributed by atoms with Gasteiger partial charge in [0.15, 0.2) is 5.11 Å². The highest BCUT2D eigenvalue weighted by molar-refractivity contribution is 7.80. The summed E-state index contributed by atoms with van der Waals surface area (Å²) in [4.78, 5) is 20.9. The van der Waals surface area contributed by atoms with Crippen molar-refractivity contribution in [2.24, 2.45) is 0 Å². The molecule has 0 bridgehead atoms. The normalized spacial score (nSPS) is 16.1. The summed E-state index contributed by atoms with van der Waals surface area (Å²) >= 11 is 5.86. The van der Waals surface area contributed by atoms with Crippen LogP contribution in [0.3, 0.4) is 0 Å². The van der Waals surface area contributed by atoms with Crippen molar-refractivity contribution in [2.45, 2.75) is 52.6 Å². The Morgan fingerprint density at radius 3 is 2.76 bits per heavy atom. The number of H-pyrrole nitrogens is 1. The van der Waals surface area contributed by atoms with E-state index in [1.54, 1.807) is 0 Å². The molecule has 4 rings (SSSR count). The van der Waals surface area contributed by atoms with Crippen molar-refractivity contribution in [3.05, 3.63) is 81.1 Å². The monoisotopic (exact) mass is 476 g/mol. The van der Waals surface area contributed by atoms with E-state index in [4.69, 9.17) is 12.2 Å². The fourth-order valence-electron chi connectivity index (χ4n) is 4.96. The quantitative estimate of drug-likeness (QED) is 0.467. The number of aromatic nitrogens is 1. The lowest BCUT2D eigenvalue weighted by molar-refractivity contribution is 0.219. The van der Waals surface area contributed by atoms with Crippen molar-refractivity contribution in [1.29, 1.82) is 0 Å². The van der Waals surface area contributed by atoms with Crippen LogP contribution >= 0.6 is 12.2 Å². The second-order valence-electron chi connectivity index (χ2n) is 9.37. The van der Waals surface area contributed by atoms with Crippen LogP contribution in [0, 0.1) is 13.8 Å². The first-order valence-electron chi connectivity index (χ1n) is 12.4. The van der Waals surface area contributed by atoms with E-state index in [0.717, 1.165) is 59.7 Å². The molecule has 180 valence electrons. The van der Waals surface area contributed by atoms with Gasteiger partial charge in [0.25, 0.3) is 5.56 Å². The average Bonchev–Trinajstić information content (AvgIpc) is 3.30. The summed E-state index contributed by atoms with van der Waals surface area (Å²) in [5.74, 6) is 0. The van der Waals surface area contributed by atoms with Crippen molar-refractivity contribution >= 4 is 28.2 Å². The lowest BCUT2D eigenvalue weighted by Crippen LogP contribution is -2.47. The zero-order valence-corrected chi connectivity index (χ0v) is 21.4. The van der Waals surface area contributed by atoms with Crippen molar-refractivity contribution in [1.82, 2.24) is 20.1 Å². The molecule has 0 radical (unpaired) electrons. The minimum absolute atomic E-state index is 0.0305. The molecule has 0 amide bonds. The van der Waals surface area contributed by atoms with E-state index >= 15 is 0 Å². The molecule has 2 aromatic carbocycles. The molecule has 3 aromatic rings. The van der Waals surface area contributed by atoms with E-state index in [9.17, 15) is 4.79 Å². The van der Waals surface area contributed by atoms with Crippen LogP contribution in [0.1, 0.15) is 42.0 Å². The predicted molar refractivity (Wildman–Crippen MR) is 145 cm³/mol. The first-order chi connectivity index (χ1) is 16.5. The number of likely N-dealkylation sites (N-methyl/N-ethyl adjacent to an activating group) is 1. The summed E-state index contributed by atoms with van der Waals surface area (Å²) < 4.78 is 0. The van der Waals surface area contributed by atoms with Crippen molar-refractivity contribution in [3.8, 4) is 0 Å². The molecule has 0 spiro atoms. The summed E-state index contributed by atoms with van der Waals surface area (Å²) in [6, 6.07) is 17.1. The second kappa shape index (κ2) is 11.2. The summed E-state index contributed by atoms with van der Waals surface area (Å²) in [6.07, 6.45) is 3.30. The van der Waals surface area contributed by atoms with Crippen LogP contribution in [0.2, 0.25) is 0 Å². The first kappa shape index (κ1) is 24.4. The Morgan fingerprint density at radius 2 is 2.00 bits per heavy atom. The third-order valence-corrected chi connectivity index (χ3v) is 7.55. The number of hydrogen-bond acceptors (Lipinski definition) is 3. The van der Waals surface area contributed by atoms with Crippen molar-refractivity contribution in [3.63, 3.8) is 0 Å². The number of aromatic amines is 1. The van der Waals surface area contributed by atoms with Gasteiger partial charge in [0, 0.05) is 24.7 Å². The highest BCUT2D eigenvalue weighted by Gasteiger charge is 2.26. The fourth-order valence-corrected chi connectivity index (χ4v) is 5.20. The highest BCUT2D eigenvalue weighted by Crippen LogP contribution is 2.21. The molecule has 5 nitrogen and oxygen atoms in total. The topological polar surface area (TPSA) is 51.4 Å². The Kier molecular flexibility index (Phi) is 8.01. The van der Waals surface area contributed by atoms with Crippen LogP contribution in [0.25, 0.3) is 10.9 Å². The van der Waals surface area contributed by atoms with Gasteiger partial charge in [-0.25, -0.2) is 0 Å². The smallest absolute Gasteiger partial charge is 0.253 e. The highest BCUT2D eigenvalue weighted by atomic mass is 32.1. The van der Waals surface area contributed by atoms with E-state index in [1.807, 2.05) is 12.1 Å². The number of hydrogen-bond donors (Lipinski definition) is 2. The minimum Gasteiger partial charge on any atom is -0.362 e. The first-order valence-corrected chi connectivity index (χ1v) is 12.8. The Labute approximate surface area is 208 Å². The number of likely N-dealkylation sites (tertiary alicyclic amines) is 1. The number of aryl methyl sites for hydroxylation is 2. The maximum Gasteiger partial charge on any atom is 0.253 e. The van der Waals surface area contributed by atoms with Gasteiger partial charge in [-0.05, 0) is 86.6 Å². The average molecular weight is 477 g/mol. The number of nitrogens with one attached hydrogen (secondary N) is 2. The van der Waals surface area contributed by atoms with Gasteiger partial charge in [0.05, 0.1) is 12.1 Å².